The maximum Gasteiger partial charge on any atom is 0.245 e. The summed E-state index contributed by atoms with van der Waals surface area (Å²) in [5.74, 6) is 1.56. The molecule has 1 aromatic rings. The number of nitrogens with one attached hydrogen (secondary N) is 1. The first kappa shape index (κ1) is 17.3. The van der Waals surface area contributed by atoms with Crippen molar-refractivity contribution in [1.82, 2.24) is 10.2 Å². The van der Waals surface area contributed by atoms with E-state index in [2.05, 4.69) is 5.32 Å². The van der Waals surface area contributed by atoms with Crippen molar-refractivity contribution in [2.75, 3.05) is 13.7 Å². The van der Waals surface area contributed by atoms with E-state index in [1.807, 2.05) is 29.2 Å². The fourth-order valence-electron chi connectivity index (χ4n) is 4.97. The molecule has 1 aromatic carbocycles. The van der Waals surface area contributed by atoms with Crippen molar-refractivity contribution < 1.29 is 14.3 Å². The zero-order chi connectivity index (χ0) is 18.3. The lowest BCUT2D eigenvalue weighted by Gasteiger charge is -2.28. The molecule has 6 nitrogen and oxygen atoms in total. The van der Waals surface area contributed by atoms with Gasteiger partial charge in [-0.15, -0.1) is 0 Å². The van der Waals surface area contributed by atoms with E-state index < -0.39 is 6.04 Å². The summed E-state index contributed by atoms with van der Waals surface area (Å²) in [4.78, 5) is 27.2. The third-order valence-electron chi connectivity index (χ3n) is 6.43. The average Bonchev–Trinajstić information content (AvgIpc) is 3.33. The molecule has 1 saturated heterocycles. The van der Waals surface area contributed by atoms with Crippen LogP contribution in [0.15, 0.2) is 24.3 Å². The van der Waals surface area contributed by atoms with Crippen LogP contribution < -0.4 is 15.8 Å². The maximum atomic E-state index is 12.7. The second-order valence-corrected chi connectivity index (χ2v) is 7.89. The quantitative estimate of drug-likeness (QED) is 0.832. The van der Waals surface area contributed by atoms with E-state index in [1.165, 1.54) is 0 Å². The van der Waals surface area contributed by atoms with Crippen molar-refractivity contribution in [3.63, 3.8) is 0 Å². The van der Waals surface area contributed by atoms with E-state index in [9.17, 15) is 9.59 Å². The van der Waals surface area contributed by atoms with Gasteiger partial charge in [-0.05, 0) is 55.2 Å². The molecule has 140 valence electrons. The Morgan fingerprint density at radius 2 is 1.96 bits per heavy atom. The first-order valence-corrected chi connectivity index (χ1v) is 9.54. The van der Waals surface area contributed by atoms with Gasteiger partial charge in [0.15, 0.2) is 0 Å². The van der Waals surface area contributed by atoms with Gasteiger partial charge in [0.1, 0.15) is 11.8 Å². The van der Waals surface area contributed by atoms with E-state index in [-0.39, 0.29) is 23.8 Å². The smallest absolute Gasteiger partial charge is 0.245 e. The summed E-state index contributed by atoms with van der Waals surface area (Å²) < 4.78 is 5.16. The third-order valence-corrected chi connectivity index (χ3v) is 6.43. The van der Waals surface area contributed by atoms with Crippen LogP contribution in [0.5, 0.6) is 5.75 Å². The first-order chi connectivity index (χ1) is 12.6. The van der Waals surface area contributed by atoms with Crippen molar-refractivity contribution >= 4 is 11.8 Å². The SMILES string of the molecule is COc1ccc(CN2CCC(NC(=O)C3C4CCC(C4)C3N)C2=O)cc1. The summed E-state index contributed by atoms with van der Waals surface area (Å²) in [5.41, 5.74) is 7.32. The topological polar surface area (TPSA) is 84.7 Å². The van der Waals surface area contributed by atoms with Gasteiger partial charge in [-0.3, -0.25) is 9.59 Å². The van der Waals surface area contributed by atoms with Crippen LogP contribution in [-0.2, 0) is 16.1 Å². The number of hydrogen-bond donors (Lipinski definition) is 2. The van der Waals surface area contributed by atoms with Crippen LogP contribution in [0.3, 0.4) is 0 Å². The fourth-order valence-corrected chi connectivity index (χ4v) is 4.97. The number of nitrogens with two attached hydrogens (primary N) is 1. The van der Waals surface area contributed by atoms with Crippen LogP contribution in [0.1, 0.15) is 31.2 Å². The van der Waals surface area contributed by atoms with Crippen molar-refractivity contribution in [3.8, 4) is 5.75 Å². The third kappa shape index (κ3) is 3.07. The number of rotatable bonds is 5. The van der Waals surface area contributed by atoms with Crippen molar-refractivity contribution in [2.24, 2.45) is 23.5 Å². The largest absolute Gasteiger partial charge is 0.497 e. The number of fused-ring (bicyclic) bond motifs is 2. The normalized spacial score (nSPS) is 32.9. The summed E-state index contributed by atoms with van der Waals surface area (Å²) in [6, 6.07) is 7.27. The number of amides is 2. The molecule has 0 spiro atoms. The van der Waals surface area contributed by atoms with Crippen LogP contribution >= 0.6 is 0 Å². The Balaban J connectivity index is 1.34. The molecule has 1 heterocycles. The first-order valence-electron chi connectivity index (χ1n) is 9.54. The summed E-state index contributed by atoms with van der Waals surface area (Å²) >= 11 is 0. The zero-order valence-corrected chi connectivity index (χ0v) is 15.2. The van der Waals surface area contributed by atoms with Gasteiger partial charge in [-0.2, -0.15) is 0 Å². The van der Waals surface area contributed by atoms with E-state index in [0.717, 1.165) is 30.6 Å². The molecule has 3 fully saturated rings. The molecule has 3 N–H and O–H groups in total. The van der Waals surface area contributed by atoms with Crippen molar-refractivity contribution in [3.05, 3.63) is 29.8 Å². The molecule has 4 rings (SSSR count). The van der Waals surface area contributed by atoms with E-state index in [1.54, 1.807) is 7.11 Å². The second-order valence-electron chi connectivity index (χ2n) is 7.89. The van der Waals surface area contributed by atoms with E-state index in [4.69, 9.17) is 10.5 Å². The highest BCUT2D eigenvalue weighted by Crippen LogP contribution is 2.47. The highest BCUT2D eigenvalue weighted by atomic mass is 16.5. The molecule has 2 amide bonds. The molecular weight excluding hydrogens is 330 g/mol. The summed E-state index contributed by atoms with van der Waals surface area (Å²) in [5, 5.41) is 2.99. The van der Waals surface area contributed by atoms with Crippen LogP contribution in [0.4, 0.5) is 0 Å². The molecule has 26 heavy (non-hydrogen) atoms. The number of likely N-dealkylation sites (tertiary alicyclic amines) is 1. The van der Waals surface area contributed by atoms with Gasteiger partial charge in [0.05, 0.1) is 13.0 Å². The van der Waals surface area contributed by atoms with E-state index >= 15 is 0 Å². The van der Waals surface area contributed by atoms with Crippen LogP contribution in [0.2, 0.25) is 0 Å². The highest BCUT2D eigenvalue weighted by Gasteiger charge is 2.49. The number of benzene rings is 1. The number of ether oxygens (including phenoxy) is 1. The lowest BCUT2D eigenvalue weighted by Crippen LogP contribution is -2.50. The second kappa shape index (κ2) is 6.91. The molecule has 3 aliphatic rings. The van der Waals surface area contributed by atoms with Gasteiger partial charge < -0.3 is 20.7 Å². The van der Waals surface area contributed by atoms with Gasteiger partial charge in [0, 0.05) is 19.1 Å². The number of carbonyl (C=O) groups excluding carboxylic acids is 2. The number of carbonyl (C=O) groups is 2. The molecule has 2 saturated carbocycles. The van der Waals surface area contributed by atoms with Crippen LogP contribution in [0.25, 0.3) is 0 Å². The summed E-state index contributed by atoms with van der Waals surface area (Å²) in [6.45, 7) is 1.22. The van der Waals surface area contributed by atoms with Crippen molar-refractivity contribution in [1.29, 1.82) is 0 Å². The molecule has 5 unspecified atom stereocenters. The molecule has 0 radical (unpaired) electrons. The predicted molar refractivity (Wildman–Crippen MR) is 97.3 cm³/mol. The standard InChI is InChI=1S/C20H27N3O3/c1-26-15-6-2-12(3-7-15)11-23-9-8-16(20(23)25)22-19(24)17-13-4-5-14(10-13)18(17)21/h2-3,6-7,13-14,16-18H,4-5,8-11,21H2,1H3,(H,22,24). The molecule has 6 heteroatoms. The Bertz CT molecular complexity index is 688. The Morgan fingerprint density at radius 1 is 1.23 bits per heavy atom. The fraction of sp³-hybridized carbons (Fsp3) is 0.600. The summed E-state index contributed by atoms with van der Waals surface area (Å²) in [7, 11) is 1.63. The summed E-state index contributed by atoms with van der Waals surface area (Å²) in [6.07, 6.45) is 3.98. The monoisotopic (exact) mass is 357 g/mol. The van der Waals surface area contributed by atoms with Gasteiger partial charge in [0.2, 0.25) is 11.8 Å². The zero-order valence-electron chi connectivity index (χ0n) is 15.2. The average molecular weight is 357 g/mol. The van der Waals surface area contributed by atoms with Gasteiger partial charge in [0.25, 0.3) is 0 Å². The molecule has 2 bridgehead atoms. The minimum atomic E-state index is -0.410. The van der Waals surface area contributed by atoms with Gasteiger partial charge >= 0.3 is 0 Å². The Kier molecular flexibility index (Phi) is 4.61. The number of methoxy groups -OCH3 is 1. The maximum absolute atomic E-state index is 12.7. The van der Waals surface area contributed by atoms with Crippen molar-refractivity contribution in [2.45, 2.75) is 44.3 Å². The van der Waals surface area contributed by atoms with Crippen LogP contribution in [-0.4, -0.2) is 42.5 Å². The van der Waals surface area contributed by atoms with E-state index in [0.29, 0.717) is 31.3 Å². The minimum Gasteiger partial charge on any atom is -0.497 e. The molecule has 0 aromatic heterocycles. The van der Waals surface area contributed by atoms with Gasteiger partial charge in [-0.1, -0.05) is 12.1 Å². The predicted octanol–water partition coefficient (Wildman–Crippen LogP) is 1.29. The Hall–Kier alpha value is -2.08. The molecular formula is C20H27N3O3. The highest BCUT2D eigenvalue weighted by molar-refractivity contribution is 5.90. The Labute approximate surface area is 154 Å². The lowest BCUT2D eigenvalue weighted by atomic mass is 9.84. The lowest BCUT2D eigenvalue weighted by molar-refractivity contribution is -0.135. The number of nitrogens with zero attached hydrogens (tertiary/aromatic N) is 1. The van der Waals surface area contributed by atoms with Gasteiger partial charge in [-0.25, -0.2) is 0 Å². The van der Waals surface area contributed by atoms with Crippen LogP contribution in [0, 0.1) is 17.8 Å². The minimum absolute atomic E-state index is 0.00546. The molecule has 2 aliphatic carbocycles. The molecule has 5 atom stereocenters. The number of hydrogen-bond acceptors (Lipinski definition) is 4. The molecule has 1 aliphatic heterocycles. The Morgan fingerprint density at radius 3 is 2.62 bits per heavy atom.